The van der Waals surface area contributed by atoms with Crippen molar-refractivity contribution in [3.8, 4) is 5.75 Å². The molecular formula is C23H28N2O5S2. The van der Waals surface area contributed by atoms with Crippen molar-refractivity contribution in [3.63, 3.8) is 0 Å². The highest BCUT2D eigenvalue weighted by Crippen LogP contribution is 2.54. The molecule has 1 saturated carbocycles. The van der Waals surface area contributed by atoms with Gasteiger partial charge in [-0.2, -0.15) is 0 Å². The van der Waals surface area contributed by atoms with Crippen LogP contribution in [0.2, 0.25) is 0 Å². The van der Waals surface area contributed by atoms with Crippen molar-refractivity contribution in [1.29, 1.82) is 0 Å². The van der Waals surface area contributed by atoms with Gasteiger partial charge in [0, 0.05) is 9.79 Å². The zero-order valence-corrected chi connectivity index (χ0v) is 19.6. The normalized spacial score (nSPS) is 22.6. The molecule has 1 aliphatic heterocycles. The molecule has 1 saturated heterocycles. The van der Waals surface area contributed by atoms with Crippen molar-refractivity contribution in [3.05, 3.63) is 48.5 Å². The first-order chi connectivity index (χ1) is 15.3. The zero-order chi connectivity index (χ0) is 22.8. The molecule has 1 aliphatic carbocycles. The molecule has 1 spiro atoms. The molecule has 172 valence electrons. The fourth-order valence-corrected chi connectivity index (χ4v) is 7.89. The first kappa shape index (κ1) is 23.1. The summed E-state index contributed by atoms with van der Waals surface area (Å²) in [5.74, 6) is -0.0593. The molecule has 1 amide bonds. The number of carbonyl (C=O) groups is 1. The van der Waals surface area contributed by atoms with E-state index in [1.54, 1.807) is 36.9 Å². The Kier molecular flexibility index (Phi) is 6.53. The van der Waals surface area contributed by atoms with Gasteiger partial charge in [-0.1, -0.05) is 11.8 Å². The first-order valence-corrected chi connectivity index (χ1v) is 13.0. The SMILES string of the molecule is COc1ccc(Sc2ccc(S(=O)(=O)C3(C(=O)NO)CCC4(CCNCC4)C3)cc2)cc1. The highest BCUT2D eigenvalue weighted by atomic mass is 32.2. The Morgan fingerprint density at radius 3 is 2.16 bits per heavy atom. The van der Waals surface area contributed by atoms with E-state index >= 15 is 0 Å². The fourth-order valence-electron chi connectivity index (χ4n) is 4.97. The van der Waals surface area contributed by atoms with Crippen LogP contribution in [0.15, 0.2) is 63.2 Å². The third kappa shape index (κ3) is 4.14. The van der Waals surface area contributed by atoms with Crippen LogP contribution >= 0.6 is 11.8 Å². The van der Waals surface area contributed by atoms with Crippen molar-refractivity contribution in [2.45, 2.75) is 51.5 Å². The number of sulfone groups is 1. The largest absolute Gasteiger partial charge is 0.497 e. The lowest BCUT2D eigenvalue weighted by atomic mass is 9.77. The zero-order valence-electron chi connectivity index (χ0n) is 18.0. The molecule has 1 heterocycles. The molecule has 2 fully saturated rings. The second-order valence-electron chi connectivity index (χ2n) is 8.61. The summed E-state index contributed by atoms with van der Waals surface area (Å²) in [4.78, 5) is 14.8. The van der Waals surface area contributed by atoms with E-state index in [1.165, 1.54) is 11.8 Å². The standard InChI is InChI=1S/C23H28N2O5S2/c1-30-17-2-4-18(5-3-17)31-19-6-8-20(9-7-19)32(28,29)23(21(26)25-27)11-10-22(16-23)12-14-24-15-13-22/h2-9,24,27H,10-16H2,1H3,(H,25,26). The highest BCUT2D eigenvalue weighted by molar-refractivity contribution is 7.99. The topological polar surface area (TPSA) is 105 Å². The monoisotopic (exact) mass is 476 g/mol. The maximum Gasteiger partial charge on any atom is 0.265 e. The number of piperidine rings is 1. The number of methoxy groups -OCH3 is 1. The third-order valence-electron chi connectivity index (χ3n) is 6.84. The van der Waals surface area contributed by atoms with Crippen LogP contribution in [-0.2, 0) is 14.6 Å². The predicted octanol–water partition coefficient (Wildman–Crippen LogP) is 3.42. The lowest BCUT2D eigenvalue weighted by Crippen LogP contribution is -2.51. The minimum Gasteiger partial charge on any atom is -0.497 e. The van der Waals surface area contributed by atoms with Crippen LogP contribution in [0.25, 0.3) is 0 Å². The summed E-state index contributed by atoms with van der Waals surface area (Å²) < 4.78 is 31.0. The van der Waals surface area contributed by atoms with Gasteiger partial charge >= 0.3 is 0 Å². The van der Waals surface area contributed by atoms with E-state index in [0.717, 1.165) is 41.5 Å². The van der Waals surface area contributed by atoms with Crippen molar-refractivity contribution in [2.75, 3.05) is 20.2 Å². The molecule has 0 aromatic heterocycles. The average molecular weight is 477 g/mol. The maximum absolute atomic E-state index is 13.7. The van der Waals surface area contributed by atoms with Crippen LogP contribution in [0.4, 0.5) is 0 Å². The second kappa shape index (κ2) is 9.05. The summed E-state index contributed by atoms with van der Waals surface area (Å²) in [7, 11) is -2.39. The van der Waals surface area contributed by atoms with E-state index in [0.29, 0.717) is 6.42 Å². The Morgan fingerprint density at radius 2 is 1.59 bits per heavy atom. The van der Waals surface area contributed by atoms with Gasteiger partial charge in [0.1, 0.15) is 5.75 Å². The molecule has 1 unspecified atom stereocenters. The van der Waals surface area contributed by atoms with Gasteiger partial charge in [-0.15, -0.1) is 0 Å². The van der Waals surface area contributed by atoms with Gasteiger partial charge in [-0.25, -0.2) is 13.9 Å². The van der Waals surface area contributed by atoms with Crippen LogP contribution in [0.3, 0.4) is 0 Å². The number of ether oxygens (including phenoxy) is 1. The van der Waals surface area contributed by atoms with Crippen LogP contribution < -0.4 is 15.5 Å². The Labute approximate surface area is 192 Å². The first-order valence-electron chi connectivity index (χ1n) is 10.7. The molecule has 2 aliphatic rings. The van der Waals surface area contributed by atoms with E-state index in [9.17, 15) is 18.4 Å². The van der Waals surface area contributed by atoms with Gasteiger partial charge in [0.25, 0.3) is 5.91 Å². The van der Waals surface area contributed by atoms with Crippen molar-refractivity contribution in [2.24, 2.45) is 5.41 Å². The van der Waals surface area contributed by atoms with Gasteiger partial charge in [0.15, 0.2) is 14.6 Å². The van der Waals surface area contributed by atoms with E-state index in [4.69, 9.17) is 4.74 Å². The van der Waals surface area contributed by atoms with Crippen molar-refractivity contribution < 1.29 is 23.2 Å². The Balaban J connectivity index is 1.59. The molecule has 0 radical (unpaired) electrons. The lowest BCUT2D eigenvalue weighted by Gasteiger charge is -2.36. The smallest absolute Gasteiger partial charge is 0.265 e. The third-order valence-corrected chi connectivity index (χ3v) is 10.3. The van der Waals surface area contributed by atoms with Crippen molar-refractivity contribution in [1.82, 2.24) is 10.8 Å². The van der Waals surface area contributed by atoms with Gasteiger partial charge in [0.05, 0.1) is 12.0 Å². The number of hydrogen-bond donors (Lipinski definition) is 3. The van der Waals surface area contributed by atoms with Crippen LogP contribution in [0, 0.1) is 5.41 Å². The molecule has 32 heavy (non-hydrogen) atoms. The Hall–Kier alpha value is -2.07. The molecule has 3 N–H and O–H groups in total. The molecule has 2 aromatic rings. The molecule has 1 atom stereocenters. The summed E-state index contributed by atoms with van der Waals surface area (Å²) >= 11 is 1.51. The van der Waals surface area contributed by atoms with Crippen LogP contribution in [-0.4, -0.2) is 44.5 Å². The minimum atomic E-state index is -4.00. The molecule has 4 rings (SSSR count). The van der Waals surface area contributed by atoms with Gasteiger partial charge < -0.3 is 10.1 Å². The number of amides is 1. The van der Waals surface area contributed by atoms with Crippen LogP contribution in [0.1, 0.15) is 32.1 Å². The second-order valence-corrected chi connectivity index (χ2v) is 12.0. The highest BCUT2D eigenvalue weighted by Gasteiger charge is 2.60. The summed E-state index contributed by atoms with van der Waals surface area (Å²) in [5.41, 5.74) is 1.47. The number of hydrogen-bond acceptors (Lipinski definition) is 7. The van der Waals surface area contributed by atoms with Gasteiger partial charge in [-0.3, -0.25) is 10.0 Å². The van der Waals surface area contributed by atoms with Crippen LogP contribution in [0.5, 0.6) is 5.75 Å². The molecule has 7 nitrogen and oxygen atoms in total. The maximum atomic E-state index is 13.7. The fraction of sp³-hybridized carbons (Fsp3) is 0.435. The number of hydroxylamine groups is 1. The molecule has 2 aromatic carbocycles. The van der Waals surface area contributed by atoms with E-state index in [2.05, 4.69) is 5.32 Å². The number of benzene rings is 2. The number of carbonyl (C=O) groups excluding carboxylic acids is 1. The van der Waals surface area contributed by atoms with E-state index in [-0.39, 0.29) is 23.2 Å². The Bertz CT molecular complexity index is 1060. The van der Waals surface area contributed by atoms with Gasteiger partial charge in [-0.05, 0) is 99.1 Å². The minimum absolute atomic E-state index is 0.103. The summed E-state index contributed by atoms with van der Waals surface area (Å²) in [5, 5.41) is 12.7. The summed E-state index contributed by atoms with van der Waals surface area (Å²) in [6, 6.07) is 14.2. The van der Waals surface area contributed by atoms with E-state index < -0.39 is 20.5 Å². The van der Waals surface area contributed by atoms with E-state index in [1.807, 2.05) is 24.3 Å². The molecule has 9 heteroatoms. The van der Waals surface area contributed by atoms with Gasteiger partial charge in [0.2, 0.25) is 0 Å². The quantitative estimate of drug-likeness (QED) is 0.433. The number of rotatable bonds is 6. The lowest BCUT2D eigenvalue weighted by molar-refractivity contribution is -0.132. The predicted molar refractivity (Wildman–Crippen MR) is 122 cm³/mol. The summed E-state index contributed by atoms with van der Waals surface area (Å²) in [6.07, 6.45) is 2.77. The Morgan fingerprint density at radius 1 is 1.00 bits per heavy atom. The molecule has 0 bridgehead atoms. The average Bonchev–Trinajstić information content (AvgIpc) is 3.20. The molecular weight excluding hydrogens is 448 g/mol. The number of nitrogens with one attached hydrogen (secondary N) is 2. The van der Waals surface area contributed by atoms with Crippen molar-refractivity contribution >= 4 is 27.5 Å². The summed E-state index contributed by atoms with van der Waals surface area (Å²) in [6.45, 7) is 1.63.